The third kappa shape index (κ3) is 3.58. The molecule has 17 heavy (non-hydrogen) atoms. The molecule has 1 aromatic heterocycles. The molecule has 1 aromatic carbocycles. The molecular weight excluding hydrogens is 488 g/mol. The van der Waals surface area contributed by atoms with Gasteiger partial charge in [0.25, 0.3) is 0 Å². The van der Waals surface area contributed by atoms with Crippen LogP contribution in [0.4, 0.5) is 5.13 Å². The van der Waals surface area contributed by atoms with E-state index in [9.17, 15) is 0 Å². The molecule has 3 nitrogen and oxygen atoms in total. The predicted octanol–water partition coefficient (Wildman–Crippen LogP) is 2.79. The Morgan fingerprint density at radius 1 is 1.29 bits per heavy atom. The minimum atomic E-state index is 0. The fraction of sp³-hybridized carbons (Fsp3) is 0.364. The van der Waals surface area contributed by atoms with Gasteiger partial charge in [0.2, 0.25) is 0 Å². The number of aromatic nitrogens is 1. The number of fused-ring (bicyclic) bond motifs is 2. The first-order valence-corrected chi connectivity index (χ1v) is 5.93. The van der Waals surface area contributed by atoms with E-state index in [0.717, 1.165) is 24.8 Å². The third-order valence-electron chi connectivity index (χ3n) is 2.95. The summed E-state index contributed by atoms with van der Waals surface area (Å²) in [6.07, 6.45) is 2.87. The molecule has 2 aromatic rings. The van der Waals surface area contributed by atoms with E-state index in [0.29, 0.717) is 5.13 Å². The van der Waals surface area contributed by atoms with Gasteiger partial charge in [0.15, 0.2) is 5.13 Å². The van der Waals surface area contributed by atoms with Gasteiger partial charge in [-0.05, 0) is 36.1 Å². The van der Waals surface area contributed by atoms with Gasteiger partial charge in [0.05, 0.1) is 10.2 Å². The van der Waals surface area contributed by atoms with Crippen molar-refractivity contribution in [1.29, 1.82) is 0 Å². The molecule has 1 aliphatic rings. The van der Waals surface area contributed by atoms with Crippen LogP contribution in [0.2, 0.25) is 0 Å². The quantitative estimate of drug-likeness (QED) is 0.606. The Hall–Kier alpha value is 1.60. The zero-order valence-electron chi connectivity index (χ0n) is 9.44. The van der Waals surface area contributed by atoms with Crippen molar-refractivity contribution in [2.75, 3.05) is 5.73 Å². The van der Waals surface area contributed by atoms with Crippen LogP contribution in [-0.4, -0.2) is 11.0 Å². The summed E-state index contributed by atoms with van der Waals surface area (Å²) in [6.45, 7) is 0. The molecule has 0 spiro atoms. The van der Waals surface area contributed by atoms with Crippen molar-refractivity contribution >= 4 is 26.7 Å². The van der Waals surface area contributed by atoms with E-state index in [2.05, 4.69) is 17.1 Å². The van der Waals surface area contributed by atoms with Gasteiger partial charge in [-0.1, -0.05) is 17.8 Å². The number of hydrogen-bond donors (Lipinski definition) is 1. The molecule has 0 saturated heterocycles. The maximum atomic E-state index is 7.77. The van der Waals surface area contributed by atoms with E-state index in [4.69, 9.17) is 11.5 Å². The number of nitrogen functional groups attached to an aromatic ring is 1. The first-order valence-electron chi connectivity index (χ1n) is 5.11. The topological polar surface area (TPSA) is 62.7 Å². The third-order valence-corrected chi connectivity index (χ3v) is 3.80. The molecular formula is C11H12N3Pr2S-. The van der Waals surface area contributed by atoms with Crippen molar-refractivity contribution in [3.8, 4) is 0 Å². The molecule has 0 aliphatic heterocycles. The molecule has 0 fully saturated rings. The second-order valence-electron chi connectivity index (χ2n) is 4.08. The van der Waals surface area contributed by atoms with Crippen LogP contribution >= 0.6 is 11.3 Å². The summed E-state index contributed by atoms with van der Waals surface area (Å²) in [5.74, 6) is 0. The zero-order valence-corrected chi connectivity index (χ0v) is 17.7. The van der Waals surface area contributed by atoms with Crippen LogP contribution in [0, 0.1) is 82.6 Å². The van der Waals surface area contributed by atoms with E-state index in [1.54, 1.807) is 11.3 Å². The molecule has 1 aliphatic carbocycles. The Balaban J connectivity index is 0.000000722. The van der Waals surface area contributed by atoms with Crippen LogP contribution in [-0.2, 0) is 12.8 Å². The number of thiazole rings is 1. The standard InChI is InChI=1S/C11H12N3S.2Pr/c12-8-2-1-6-5-10-9(4-7(6)3-8)14-11(13)15-10;;/h4-5,8,12H,1-3H2,(H2,13,14);;/q-1;;. The summed E-state index contributed by atoms with van der Waals surface area (Å²) >= 11 is 1.55. The van der Waals surface area contributed by atoms with Gasteiger partial charge >= 0.3 is 0 Å². The molecule has 0 amide bonds. The first-order chi connectivity index (χ1) is 7.22. The SMILES string of the molecule is [NH-]C1CCc2cc3sc(N)nc3cc2C1.[Pr].[Pr]. The van der Waals surface area contributed by atoms with E-state index >= 15 is 0 Å². The maximum Gasteiger partial charge on any atom is 0.181 e. The number of nitrogens with one attached hydrogen (secondary N) is 1. The molecule has 0 saturated carbocycles. The monoisotopic (exact) mass is 500 g/mol. The largest absolute Gasteiger partial charge is 0.674 e. The number of aryl methyl sites for hydroxylation is 1. The van der Waals surface area contributed by atoms with E-state index in [1.807, 2.05) is 0 Å². The Morgan fingerprint density at radius 2 is 2.06 bits per heavy atom. The summed E-state index contributed by atoms with van der Waals surface area (Å²) in [4.78, 5) is 4.28. The van der Waals surface area contributed by atoms with Gasteiger partial charge in [0, 0.05) is 82.6 Å². The van der Waals surface area contributed by atoms with Crippen LogP contribution in [0.25, 0.3) is 16.0 Å². The molecule has 3 N–H and O–H groups in total. The number of nitrogens with zero attached hydrogens (tertiary/aromatic N) is 1. The van der Waals surface area contributed by atoms with Gasteiger partial charge in [-0.3, -0.25) is 0 Å². The van der Waals surface area contributed by atoms with Crippen molar-refractivity contribution in [3.05, 3.63) is 29.0 Å². The van der Waals surface area contributed by atoms with Crippen molar-refractivity contribution in [2.45, 2.75) is 25.3 Å². The van der Waals surface area contributed by atoms with Gasteiger partial charge in [-0.2, -0.15) is 0 Å². The minimum absolute atomic E-state index is 0. The molecule has 0 bridgehead atoms. The van der Waals surface area contributed by atoms with Crippen molar-refractivity contribution in [3.63, 3.8) is 0 Å². The van der Waals surface area contributed by atoms with Crippen LogP contribution < -0.4 is 5.73 Å². The fourth-order valence-corrected chi connectivity index (χ4v) is 2.98. The predicted molar refractivity (Wildman–Crippen MR) is 64.2 cm³/mol. The van der Waals surface area contributed by atoms with Crippen LogP contribution in [0.1, 0.15) is 17.5 Å². The molecule has 1 heterocycles. The summed E-state index contributed by atoms with van der Waals surface area (Å²) in [6, 6.07) is 4.37. The smallest absolute Gasteiger partial charge is 0.181 e. The normalized spacial score (nSPS) is 18.1. The number of nitrogens with two attached hydrogens (primary N) is 1. The molecule has 84 valence electrons. The Morgan fingerprint density at radius 3 is 2.82 bits per heavy atom. The Kier molecular flexibility index (Phi) is 6.71. The second-order valence-corrected chi connectivity index (χ2v) is 5.14. The Bertz CT molecular complexity index is 527. The van der Waals surface area contributed by atoms with Crippen molar-refractivity contribution in [2.24, 2.45) is 0 Å². The fourth-order valence-electron chi connectivity index (χ4n) is 2.20. The average Bonchev–Trinajstić information content (AvgIpc) is 2.53. The first kappa shape index (κ1) is 16.7. The summed E-state index contributed by atoms with van der Waals surface area (Å²) in [7, 11) is 0. The zero-order chi connectivity index (χ0) is 10.4. The van der Waals surface area contributed by atoms with Gasteiger partial charge < -0.3 is 11.5 Å². The average molecular weight is 500 g/mol. The van der Waals surface area contributed by atoms with Crippen LogP contribution in [0.3, 0.4) is 0 Å². The summed E-state index contributed by atoms with van der Waals surface area (Å²) in [5.41, 5.74) is 17.1. The van der Waals surface area contributed by atoms with Gasteiger partial charge in [0.1, 0.15) is 0 Å². The van der Waals surface area contributed by atoms with Crippen LogP contribution in [0.5, 0.6) is 0 Å². The molecule has 3 rings (SSSR count). The van der Waals surface area contributed by atoms with E-state index in [-0.39, 0.29) is 88.6 Å². The van der Waals surface area contributed by atoms with Gasteiger partial charge in [-0.25, -0.2) is 4.98 Å². The number of hydrogen-bond acceptors (Lipinski definition) is 3. The Labute approximate surface area is 171 Å². The van der Waals surface area contributed by atoms with Crippen molar-refractivity contribution in [1.82, 2.24) is 4.98 Å². The maximum absolute atomic E-state index is 7.77. The van der Waals surface area contributed by atoms with E-state index < -0.39 is 0 Å². The van der Waals surface area contributed by atoms with Crippen molar-refractivity contribution < 1.29 is 82.6 Å². The summed E-state index contributed by atoms with van der Waals surface area (Å²) in [5, 5.41) is 0.634. The van der Waals surface area contributed by atoms with Crippen LogP contribution in [0.15, 0.2) is 12.1 Å². The molecule has 1 unspecified atom stereocenters. The second kappa shape index (κ2) is 6.85. The van der Waals surface area contributed by atoms with Gasteiger partial charge in [-0.15, -0.1) is 6.04 Å². The van der Waals surface area contributed by atoms with E-state index in [1.165, 1.54) is 15.8 Å². The number of rotatable bonds is 0. The minimum Gasteiger partial charge on any atom is -0.674 e. The summed E-state index contributed by atoms with van der Waals surface area (Å²) < 4.78 is 1.18. The number of anilines is 1. The molecule has 6 heteroatoms. The molecule has 1 atom stereocenters. The molecule has 2 radical (unpaired) electrons. The number of benzene rings is 1.